The number of hydrogen-bond donors (Lipinski definition) is 1. The Bertz CT molecular complexity index is 947. The average molecular weight is 323 g/mol. The van der Waals surface area contributed by atoms with Gasteiger partial charge >= 0.3 is 5.97 Å². The number of anilines is 1. The number of nitrogens with two attached hydrogens (primary N) is 1. The van der Waals surface area contributed by atoms with Gasteiger partial charge in [-0.15, -0.1) is 10.2 Å². The number of aryl methyl sites for hydroxylation is 1. The number of esters is 1. The van der Waals surface area contributed by atoms with Crippen molar-refractivity contribution in [2.45, 2.75) is 6.92 Å². The highest BCUT2D eigenvalue weighted by Crippen LogP contribution is 2.26. The first kappa shape index (κ1) is 15.3. The normalized spacial score (nSPS) is 10.4. The molecule has 0 radical (unpaired) electrons. The molecule has 0 fully saturated rings. The Morgan fingerprint density at radius 2 is 2.04 bits per heavy atom. The van der Waals surface area contributed by atoms with Gasteiger partial charge in [-0.05, 0) is 24.3 Å². The molecule has 0 aliphatic rings. The molecule has 2 aromatic heterocycles. The van der Waals surface area contributed by atoms with Gasteiger partial charge in [0.15, 0.2) is 5.69 Å². The Labute approximate surface area is 137 Å². The molecule has 2 heterocycles. The number of nitriles is 1. The second-order valence-corrected chi connectivity index (χ2v) is 4.95. The summed E-state index contributed by atoms with van der Waals surface area (Å²) >= 11 is 0. The number of rotatable bonds is 3. The van der Waals surface area contributed by atoms with E-state index in [2.05, 4.69) is 10.2 Å². The predicted octanol–water partition coefficient (Wildman–Crippen LogP) is 2.08. The van der Waals surface area contributed by atoms with Gasteiger partial charge in [0.1, 0.15) is 6.07 Å². The number of carbonyl (C=O) groups excluding carboxylic acids is 1. The van der Waals surface area contributed by atoms with Crippen LogP contribution in [0.3, 0.4) is 0 Å². The van der Waals surface area contributed by atoms with Crippen LogP contribution in [0, 0.1) is 18.3 Å². The van der Waals surface area contributed by atoms with Crippen molar-refractivity contribution in [3.8, 4) is 23.2 Å². The van der Waals surface area contributed by atoms with Gasteiger partial charge in [-0.3, -0.25) is 0 Å². The third-order valence-corrected chi connectivity index (χ3v) is 3.46. The number of nitrogen functional groups attached to an aromatic ring is 1. The number of ether oxygens (including phenoxy) is 1. The summed E-state index contributed by atoms with van der Waals surface area (Å²) in [5.74, 6) is 0.251. The van der Waals surface area contributed by atoms with Crippen LogP contribution >= 0.6 is 0 Å². The molecule has 8 nitrogen and oxygen atoms in total. The van der Waals surface area contributed by atoms with Gasteiger partial charge in [-0.2, -0.15) is 5.26 Å². The molecule has 0 amide bonds. The largest absolute Gasteiger partial charge is 0.464 e. The number of carbonyl (C=O) groups is 1. The summed E-state index contributed by atoms with van der Waals surface area (Å²) in [5, 5.41) is 16.9. The molecule has 0 unspecified atom stereocenters. The Kier molecular flexibility index (Phi) is 3.75. The van der Waals surface area contributed by atoms with E-state index in [1.54, 1.807) is 31.2 Å². The lowest BCUT2D eigenvalue weighted by molar-refractivity contribution is 0.0593. The topological polar surface area (TPSA) is 120 Å². The van der Waals surface area contributed by atoms with Gasteiger partial charge in [0, 0.05) is 24.4 Å². The summed E-state index contributed by atoms with van der Waals surface area (Å²) in [5.41, 5.74) is 7.64. The molecule has 0 saturated heterocycles. The van der Waals surface area contributed by atoms with Crippen LogP contribution < -0.4 is 5.73 Å². The standard InChI is InChI=1S/C16H13N5O3/c1-9-19-20-15(24-9)10-3-5-12(6-4-10)21-8-11(7-17)13(18)14(21)16(22)23-2/h3-6,8H,18H2,1-2H3. The maximum atomic E-state index is 12.0. The molecule has 0 saturated carbocycles. The molecule has 0 atom stereocenters. The molecule has 0 bridgehead atoms. The Morgan fingerprint density at radius 1 is 1.33 bits per heavy atom. The van der Waals surface area contributed by atoms with Crippen molar-refractivity contribution >= 4 is 11.7 Å². The van der Waals surface area contributed by atoms with E-state index in [1.165, 1.54) is 17.9 Å². The Balaban J connectivity index is 2.06. The third kappa shape index (κ3) is 2.48. The minimum atomic E-state index is -0.620. The lowest BCUT2D eigenvalue weighted by Gasteiger charge is -2.08. The van der Waals surface area contributed by atoms with E-state index in [4.69, 9.17) is 20.1 Å². The highest BCUT2D eigenvalue weighted by molar-refractivity contribution is 5.95. The highest BCUT2D eigenvalue weighted by atomic mass is 16.5. The SMILES string of the molecule is COC(=O)c1c(N)c(C#N)cn1-c1ccc(-c2nnc(C)o2)cc1. The lowest BCUT2D eigenvalue weighted by atomic mass is 10.2. The molecule has 24 heavy (non-hydrogen) atoms. The molecular weight excluding hydrogens is 310 g/mol. The van der Waals surface area contributed by atoms with E-state index in [0.717, 1.165) is 5.56 Å². The zero-order chi connectivity index (χ0) is 17.3. The van der Waals surface area contributed by atoms with Crippen molar-refractivity contribution in [2.75, 3.05) is 12.8 Å². The van der Waals surface area contributed by atoms with Crippen LogP contribution in [0.15, 0.2) is 34.9 Å². The van der Waals surface area contributed by atoms with Gasteiger partial charge in [0.05, 0.1) is 18.4 Å². The summed E-state index contributed by atoms with van der Waals surface area (Å²) in [6.07, 6.45) is 1.49. The van der Waals surface area contributed by atoms with E-state index in [9.17, 15) is 4.79 Å². The predicted molar refractivity (Wildman–Crippen MR) is 84.3 cm³/mol. The molecule has 1 aromatic carbocycles. The smallest absolute Gasteiger partial charge is 0.357 e. The molecule has 3 aromatic rings. The van der Waals surface area contributed by atoms with Crippen LogP contribution in [0.25, 0.3) is 17.1 Å². The number of nitrogens with zero attached hydrogens (tertiary/aromatic N) is 4. The first-order valence-electron chi connectivity index (χ1n) is 6.95. The summed E-state index contributed by atoms with van der Waals surface area (Å²) in [6, 6.07) is 9.00. The van der Waals surface area contributed by atoms with Crippen LogP contribution in [0.2, 0.25) is 0 Å². The molecule has 0 aliphatic carbocycles. The fourth-order valence-electron chi connectivity index (χ4n) is 2.30. The van der Waals surface area contributed by atoms with Crippen molar-refractivity contribution in [3.05, 3.63) is 47.6 Å². The zero-order valence-electron chi connectivity index (χ0n) is 13.0. The van der Waals surface area contributed by atoms with E-state index in [-0.39, 0.29) is 16.9 Å². The minimum Gasteiger partial charge on any atom is -0.464 e. The number of methoxy groups -OCH3 is 1. The van der Waals surface area contributed by atoms with Crippen molar-refractivity contribution in [3.63, 3.8) is 0 Å². The third-order valence-electron chi connectivity index (χ3n) is 3.46. The first-order valence-corrected chi connectivity index (χ1v) is 6.95. The Hall–Kier alpha value is -3.60. The van der Waals surface area contributed by atoms with E-state index < -0.39 is 5.97 Å². The lowest BCUT2D eigenvalue weighted by Crippen LogP contribution is -2.11. The van der Waals surface area contributed by atoms with Crippen LogP contribution in [0.4, 0.5) is 5.69 Å². The van der Waals surface area contributed by atoms with Crippen LogP contribution in [-0.2, 0) is 4.74 Å². The molecule has 3 rings (SSSR count). The van der Waals surface area contributed by atoms with Gasteiger partial charge in [-0.1, -0.05) is 0 Å². The van der Waals surface area contributed by atoms with Crippen LogP contribution in [0.1, 0.15) is 21.9 Å². The number of benzene rings is 1. The van der Waals surface area contributed by atoms with E-state index in [0.29, 0.717) is 17.5 Å². The Morgan fingerprint density at radius 3 is 2.58 bits per heavy atom. The second-order valence-electron chi connectivity index (χ2n) is 4.95. The second kappa shape index (κ2) is 5.89. The maximum Gasteiger partial charge on any atom is 0.357 e. The van der Waals surface area contributed by atoms with Crippen molar-refractivity contribution in [1.29, 1.82) is 5.26 Å². The summed E-state index contributed by atoms with van der Waals surface area (Å²) in [4.78, 5) is 12.0. The molecule has 120 valence electrons. The van der Waals surface area contributed by atoms with Crippen molar-refractivity contribution < 1.29 is 13.9 Å². The maximum absolute atomic E-state index is 12.0. The van der Waals surface area contributed by atoms with Gasteiger partial charge in [-0.25, -0.2) is 4.79 Å². The van der Waals surface area contributed by atoms with Gasteiger partial charge in [0.25, 0.3) is 0 Å². The fraction of sp³-hybridized carbons (Fsp3) is 0.125. The van der Waals surface area contributed by atoms with Gasteiger partial charge in [0.2, 0.25) is 11.8 Å². The molecule has 0 spiro atoms. The summed E-state index contributed by atoms with van der Waals surface area (Å²) < 4.78 is 11.6. The monoisotopic (exact) mass is 323 g/mol. The molecule has 2 N–H and O–H groups in total. The number of hydrogen-bond acceptors (Lipinski definition) is 7. The van der Waals surface area contributed by atoms with E-state index in [1.807, 2.05) is 6.07 Å². The highest BCUT2D eigenvalue weighted by Gasteiger charge is 2.21. The summed E-state index contributed by atoms with van der Waals surface area (Å²) in [7, 11) is 1.26. The van der Waals surface area contributed by atoms with Crippen molar-refractivity contribution in [2.24, 2.45) is 0 Å². The number of aromatic nitrogens is 3. The summed E-state index contributed by atoms with van der Waals surface area (Å²) in [6.45, 7) is 1.71. The molecule has 0 aliphatic heterocycles. The van der Waals surface area contributed by atoms with Crippen LogP contribution in [0.5, 0.6) is 0 Å². The fourth-order valence-corrected chi connectivity index (χ4v) is 2.30. The first-order chi connectivity index (χ1) is 11.5. The zero-order valence-corrected chi connectivity index (χ0v) is 13.0. The van der Waals surface area contributed by atoms with Crippen LogP contribution in [-0.4, -0.2) is 27.8 Å². The molecule has 8 heteroatoms. The van der Waals surface area contributed by atoms with Gasteiger partial charge < -0.3 is 19.5 Å². The molecular formula is C16H13N5O3. The van der Waals surface area contributed by atoms with E-state index >= 15 is 0 Å². The minimum absolute atomic E-state index is 0.0842. The average Bonchev–Trinajstić information content (AvgIpc) is 3.17. The quantitative estimate of drug-likeness (QED) is 0.732. The van der Waals surface area contributed by atoms with Crippen molar-refractivity contribution in [1.82, 2.24) is 14.8 Å².